The van der Waals surface area contributed by atoms with Gasteiger partial charge in [0.2, 0.25) is 0 Å². The predicted molar refractivity (Wildman–Crippen MR) is 50.2 cm³/mol. The first-order chi connectivity index (χ1) is 6.31. The number of rotatable bonds is 1. The van der Waals surface area contributed by atoms with Crippen molar-refractivity contribution in [2.75, 3.05) is 6.54 Å². The summed E-state index contributed by atoms with van der Waals surface area (Å²) in [5.74, 6) is 0.872. The van der Waals surface area contributed by atoms with Crippen LogP contribution in [0.1, 0.15) is 24.8 Å². The van der Waals surface area contributed by atoms with Gasteiger partial charge in [0.1, 0.15) is 0 Å². The largest absolute Gasteiger partial charge is 0.307 e. The van der Waals surface area contributed by atoms with Gasteiger partial charge in [-0.2, -0.15) is 5.10 Å². The zero-order valence-electron chi connectivity index (χ0n) is 7.95. The molecular formula is C10H15N3. The predicted octanol–water partition coefficient (Wildman–Crippen LogP) is 1.02. The summed E-state index contributed by atoms with van der Waals surface area (Å²) in [6.45, 7) is 1.18. The zero-order chi connectivity index (χ0) is 8.89. The summed E-state index contributed by atoms with van der Waals surface area (Å²) in [4.78, 5) is 0. The number of hydrogen-bond donors (Lipinski definition) is 1. The van der Waals surface area contributed by atoms with E-state index in [2.05, 4.69) is 16.6 Å². The lowest BCUT2D eigenvalue weighted by atomic mass is 9.65. The minimum absolute atomic E-state index is 0.314. The fourth-order valence-corrected chi connectivity index (χ4v) is 2.86. The molecule has 2 fully saturated rings. The SMILES string of the molecule is Cn1cc(C23CCC2CCN3)cn1. The second kappa shape index (κ2) is 2.35. The molecule has 1 saturated carbocycles. The summed E-state index contributed by atoms with van der Waals surface area (Å²) in [5.41, 5.74) is 1.71. The standard InChI is InChI=1S/C10H15N3/c1-13-7-9(6-12-13)10-4-2-8(10)3-5-11-10/h6-8,11H,2-5H2,1H3. The quantitative estimate of drug-likeness (QED) is 0.694. The molecule has 3 nitrogen and oxygen atoms in total. The van der Waals surface area contributed by atoms with Crippen molar-refractivity contribution in [2.45, 2.75) is 24.8 Å². The van der Waals surface area contributed by atoms with Gasteiger partial charge in [-0.25, -0.2) is 0 Å². The molecule has 1 aromatic rings. The van der Waals surface area contributed by atoms with Gasteiger partial charge < -0.3 is 5.32 Å². The first-order valence-electron chi connectivity index (χ1n) is 5.05. The lowest BCUT2D eigenvalue weighted by molar-refractivity contribution is 0.136. The molecule has 2 aliphatic rings. The average Bonchev–Trinajstić information content (AvgIpc) is 2.59. The molecule has 1 aliphatic heterocycles. The molecule has 0 aromatic carbocycles. The number of aromatic nitrogens is 2. The second-order valence-electron chi connectivity index (χ2n) is 4.33. The van der Waals surface area contributed by atoms with E-state index >= 15 is 0 Å². The number of fused-ring (bicyclic) bond motifs is 1. The smallest absolute Gasteiger partial charge is 0.0540 e. The summed E-state index contributed by atoms with van der Waals surface area (Å²) in [6, 6.07) is 0. The molecule has 70 valence electrons. The lowest BCUT2D eigenvalue weighted by Gasteiger charge is -2.44. The summed E-state index contributed by atoms with van der Waals surface area (Å²) in [6.07, 6.45) is 8.20. The normalized spacial score (nSPS) is 37.2. The zero-order valence-corrected chi connectivity index (χ0v) is 7.95. The molecule has 2 unspecified atom stereocenters. The summed E-state index contributed by atoms with van der Waals surface area (Å²) >= 11 is 0. The van der Waals surface area contributed by atoms with Crippen LogP contribution in [0, 0.1) is 5.92 Å². The Kier molecular flexibility index (Phi) is 1.37. The van der Waals surface area contributed by atoms with Gasteiger partial charge in [0.15, 0.2) is 0 Å². The molecule has 2 atom stereocenters. The molecule has 2 heterocycles. The van der Waals surface area contributed by atoms with E-state index in [1.165, 1.54) is 31.4 Å². The van der Waals surface area contributed by atoms with Gasteiger partial charge in [0.05, 0.1) is 6.20 Å². The molecule has 0 bridgehead atoms. The Morgan fingerprint density at radius 1 is 1.62 bits per heavy atom. The first-order valence-corrected chi connectivity index (χ1v) is 5.05. The van der Waals surface area contributed by atoms with E-state index in [0.717, 1.165) is 5.92 Å². The van der Waals surface area contributed by atoms with Gasteiger partial charge in [0, 0.05) is 24.3 Å². The van der Waals surface area contributed by atoms with E-state index in [4.69, 9.17) is 0 Å². The minimum Gasteiger partial charge on any atom is -0.307 e. The third-order valence-corrected chi connectivity index (χ3v) is 3.74. The van der Waals surface area contributed by atoms with Crippen molar-refractivity contribution in [1.82, 2.24) is 15.1 Å². The maximum atomic E-state index is 4.25. The monoisotopic (exact) mass is 177 g/mol. The van der Waals surface area contributed by atoms with Crippen molar-refractivity contribution in [2.24, 2.45) is 13.0 Å². The van der Waals surface area contributed by atoms with E-state index < -0.39 is 0 Å². The van der Waals surface area contributed by atoms with Crippen LogP contribution in [0.3, 0.4) is 0 Å². The molecule has 13 heavy (non-hydrogen) atoms. The number of nitrogens with zero attached hydrogens (tertiary/aromatic N) is 2. The van der Waals surface area contributed by atoms with Crippen LogP contribution in [0.25, 0.3) is 0 Å². The minimum atomic E-state index is 0.314. The first kappa shape index (κ1) is 7.56. The molecule has 0 amide bonds. The molecule has 1 aliphatic carbocycles. The lowest BCUT2D eigenvalue weighted by Crippen LogP contribution is -2.48. The average molecular weight is 177 g/mol. The molecule has 1 aromatic heterocycles. The van der Waals surface area contributed by atoms with Crippen LogP contribution >= 0.6 is 0 Å². The Morgan fingerprint density at radius 2 is 2.54 bits per heavy atom. The van der Waals surface area contributed by atoms with E-state index in [-0.39, 0.29) is 0 Å². The van der Waals surface area contributed by atoms with Crippen LogP contribution in [0.15, 0.2) is 12.4 Å². The van der Waals surface area contributed by atoms with Crippen LogP contribution in [-0.2, 0) is 12.6 Å². The van der Waals surface area contributed by atoms with Crippen molar-refractivity contribution in [3.05, 3.63) is 18.0 Å². The maximum Gasteiger partial charge on any atom is 0.0540 e. The highest BCUT2D eigenvalue weighted by Crippen LogP contribution is 2.51. The highest BCUT2D eigenvalue weighted by molar-refractivity contribution is 5.26. The Balaban J connectivity index is 1.99. The summed E-state index contributed by atoms with van der Waals surface area (Å²) in [7, 11) is 1.99. The van der Waals surface area contributed by atoms with Crippen LogP contribution in [0.4, 0.5) is 0 Å². The van der Waals surface area contributed by atoms with E-state index in [9.17, 15) is 0 Å². The second-order valence-corrected chi connectivity index (χ2v) is 4.33. The van der Waals surface area contributed by atoms with Gasteiger partial charge in [-0.05, 0) is 31.7 Å². The Bertz CT molecular complexity index is 331. The number of aryl methyl sites for hydroxylation is 1. The van der Waals surface area contributed by atoms with Gasteiger partial charge in [0.25, 0.3) is 0 Å². The molecule has 1 saturated heterocycles. The van der Waals surface area contributed by atoms with Crippen LogP contribution in [0.5, 0.6) is 0 Å². The molecule has 0 radical (unpaired) electrons. The molecule has 3 rings (SSSR count). The highest BCUT2D eigenvalue weighted by Gasteiger charge is 2.51. The van der Waals surface area contributed by atoms with E-state index in [0.29, 0.717) is 5.54 Å². The van der Waals surface area contributed by atoms with Gasteiger partial charge >= 0.3 is 0 Å². The van der Waals surface area contributed by atoms with Crippen LogP contribution < -0.4 is 5.32 Å². The van der Waals surface area contributed by atoms with Gasteiger partial charge in [-0.3, -0.25) is 4.68 Å². The number of nitrogens with one attached hydrogen (secondary N) is 1. The van der Waals surface area contributed by atoms with Gasteiger partial charge in [-0.1, -0.05) is 0 Å². The third kappa shape index (κ3) is 0.854. The Labute approximate surface area is 78.1 Å². The number of hydrogen-bond acceptors (Lipinski definition) is 2. The highest BCUT2D eigenvalue weighted by atomic mass is 15.2. The van der Waals surface area contributed by atoms with Crippen molar-refractivity contribution >= 4 is 0 Å². The molecule has 0 spiro atoms. The summed E-state index contributed by atoms with van der Waals surface area (Å²) in [5, 5.41) is 7.90. The fourth-order valence-electron chi connectivity index (χ4n) is 2.86. The topological polar surface area (TPSA) is 29.9 Å². The van der Waals surface area contributed by atoms with Crippen molar-refractivity contribution < 1.29 is 0 Å². The van der Waals surface area contributed by atoms with Crippen molar-refractivity contribution in [1.29, 1.82) is 0 Å². The third-order valence-electron chi connectivity index (χ3n) is 3.74. The van der Waals surface area contributed by atoms with Crippen molar-refractivity contribution in [3.8, 4) is 0 Å². The van der Waals surface area contributed by atoms with Crippen LogP contribution in [0.2, 0.25) is 0 Å². The Hall–Kier alpha value is -0.830. The molecular weight excluding hydrogens is 162 g/mol. The van der Waals surface area contributed by atoms with E-state index in [1.807, 2.05) is 17.9 Å². The molecule has 1 N–H and O–H groups in total. The molecule has 3 heteroatoms. The van der Waals surface area contributed by atoms with E-state index in [1.54, 1.807) is 0 Å². The van der Waals surface area contributed by atoms with Crippen molar-refractivity contribution in [3.63, 3.8) is 0 Å². The Morgan fingerprint density at radius 3 is 3.08 bits per heavy atom. The van der Waals surface area contributed by atoms with Gasteiger partial charge in [-0.15, -0.1) is 0 Å². The summed E-state index contributed by atoms with van der Waals surface area (Å²) < 4.78 is 1.90. The maximum absolute atomic E-state index is 4.25. The fraction of sp³-hybridized carbons (Fsp3) is 0.700. The van der Waals surface area contributed by atoms with Crippen LogP contribution in [-0.4, -0.2) is 16.3 Å².